The number of hydrogen-bond acceptors (Lipinski definition) is 4. The van der Waals surface area contributed by atoms with Gasteiger partial charge in [-0.25, -0.2) is 4.98 Å². The van der Waals surface area contributed by atoms with Crippen molar-refractivity contribution in [1.29, 1.82) is 0 Å². The Morgan fingerprint density at radius 3 is 2.77 bits per heavy atom. The number of aromatic hydroxyl groups is 1. The van der Waals surface area contributed by atoms with Gasteiger partial charge in [0, 0.05) is 24.6 Å². The summed E-state index contributed by atoms with van der Waals surface area (Å²) < 4.78 is 9.18. The molecule has 22 heavy (non-hydrogen) atoms. The summed E-state index contributed by atoms with van der Waals surface area (Å²) in [5.41, 5.74) is 1.64. The first-order valence-electron chi connectivity index (χ1n) is 7.05. The lowest BCUT2D eigenvalue weighted by Gasteiger charge is -2.10. The van der Waals surface area contributed by atoms with Crippen LogP contribution < -0.4 is 4.74 Å². The number of phenols is 1. The molecule has 2 aromatic heterocycles. The third-order valence-corrected chi connectivity index (χ3v) is 3.46. The molecule has 3 aromatic rings. The first kappa shape index (κ1) is 14.2. The van der Waals surface area contributed by atoms with E-state index in [1.165, 1.54) is 0 Å². The van der Waals surface area contributed by atoms with Crippen molar-refractivity contribution in [3.05, 3.63) is 43.0 Å². The SMILES string of the molecule is COc1ccc(O)cc1-c1nccn1-c1cnn(C(C)C)c1. The highest BCUT2D eigenvalue weighted by molar-refractivity contribution is 5.68. The van der Waals surface area contributed by atoms with Crippen LogP contribution in [-0.4, -0.2) is 31.5 Å². The number of phenolic OH excluding ortho intramolecular Hbond substituents is 1. The van der Waals surface area contributed by atoms with E-state index < -0.39 is 0 Å². The first-order valence-corrected chi connectivity index (χ1v) is 7.05. The van der Waals surface area contributed by atoms with Crippen LogP contribution in [0.5, 0.6) is 11.5 Å². The molecule has 0 bridgehead atoms. The molecule has 1 aromatic carbocycles. The molecular weight excluding hydrogens is 280 g/mol. The van der Waals surface area contributed by atoms with Crippen LogP contribution in [0.15, 0.2) is 43.0 Å². The fourth-order valence-electron chi connectivity index (χ4n) is 2.32. The number of benzene rings is 1. The van der Waals surface area contributed by atoms with E-state index in [0.717, 1.165) is 11.3 Å². The molecule has 0 saturated heterocycles. The fraction of sp³-hybridized carbons (Fsp3) is 0.250. The van der Waals surface area contributed by atoms with Crippen LogP contribution in [0.25, 0.3) is 17.1 Å². The van der Waals surface area contributed by atoms with Gasteiger partial charge in [-0.05, 0) is 32.0 Å². The van der Waals surface area contributed by atoms with Crippen molar-refractivity contribution in [2.75, 3.05) is 7.11 Å². The van der Waals surface area contributed by atoms with Gasteiger partial charge < -0.3 is 9.84 Å². The maximum absolute atomic E-state index is 9.76. The number of ether oxygens (including phenoxy) is 1. The number of aromatic nitrogens is 4. The zero-order valence-corrected chi connectivity index (χ0v) is 12.8. The monoisotopic (exact) mass is 298 g/mol. The minimum Gasteiger partial charge on any atom is -0.508 e. The molecule has 6 nitrogen and oxygen atoms in total. The Labute approximate surface area is 128 Å². The molecule has 0 amide bonds. The van der Waals surface area contributed by atoms with Gasteiger partial charge in [-0.3, -0.25) is 9.25 Å². The average Bonchev–Trinajstić information content (AvgIpc) is 3.15. The van der Waals surface area contributed by atoms with Crippen LogP contribution in [0, 0.1) is 0 Å². The highest BCUT2D eigenvalue weighted by atomic mass is 16.5. The van der Waals surface area contributed by atoms with Crippen LogP contribution in [0.2, 0.25) is 0 Å². The van der Waals surface area contributed by atoms with E-state index in [9.17, 15) is 5.11 Å². The van der Waals surface area contributed by atoms with E-state index in [4.69, 9.17) is 4.74 Å². The van der Waals surface area contributed by atoms with E-state index in [2.05, 4.69) is 23.9 Å². The Morgan fingerprint density at radius 2 is 2.09 bits per heavy atom. The lowest BCUT2D eigenvalue weighted by atomic mass is 10.1. The minimum absolute atomic E-state index is 0.170. The molecule has 114 valence electrons. The molecule has 3 rings (SSSR count). The second-order valence-electron chi connectivity index (χ2n) is 5.28. The molecule has 0 aliphatic carbocycles. The lowest BCUT2D eigenvalue weighted by molar-refractivity contribution is 0.413. The highest BCUT2D eigenvalue weighted by Crippen LogP contribution is 2.33. The summed E-state index contributed by atoms with van der Waals surface area (Å²) >= 11 is 0. The van der Waals surface area contributed by atoms with Crippen LogP contribution in [0.4, 0.5) is 0 Å². The van der Waals surface area contributed by atoms with E-state index in [-0.39, 0.29) is 11.8 Å². The zero-order chi connectivity index (χ0) is 15.7. The van der Waals surface area contributed by atoms with Crippen molar-refractivity contribution in [2.24, 2.45) is 0 Å². The van der Waals surface area contributed by atoms with E-state index in [1.54, 1.807) is 37.7 Å². The number of methoxy groups -OCH3 is 1. The third-order valence-electron chi connectivity index (χ3n) is 3.46. The Hall–Kier alpha value is -2.76. The number of rotatable bonds is 4. The molecule has 0 atom stereocenters. The van der Waals surface area contributed by atoms with E-state index in [0.29, 0.717) is 11.6 Å². The van der Waals surface area contributed by atoms with Crippen LogP contribution in [0.1, 0.15) is 19.9 Å². The molecule has 0 aliphatic heterocycles. The standard InChI is InChI=1S/C16H18N4O2/c1-11(2)20-10-12(9-18-20)19-7-6-17-16(19)14-8-13(21)4-5-15(14)22-3/h4-11,21H,1-3H3. The van der Waals surface area contributed by atoms with Crippen molar-refractivity contribution in [2.45, 2.75) is 19.9 Å². The maximum atomic E-state index is 9.76. The molecule has 0 radical (unpaired) electrons. The molecule has 0 aliphatic rings. The Bertz CT molecular complexity index is 789. The number of imidazole rings is 1. The molecule has 0 unspecified atom stereocenters. The second kappa shape index (κ2) is 5.55. The fourth-order valence-corrected chi connectivity index (χ4v) is 2.32. The molecule has 0 fully saturated rings. The highest BCUT2D eigenvalue weighted by Gasteiger charge is 2.15. The Balaban J connectivity index is 2.11. The van der Waals surface area contributed by atoms with Gasteiger partial charge in [0.2, 0.25) is 0 Å². The van der Waals surface area contributed by atoms with Gasteiger partial charge in [0.1, 0.15) is 17.3 Å². The predicted octanol–water partition coefficient (Wildman–Crippen LogP) is 3.03. The van der Waals surface area contributed by atoms with Crippen molar-refractivity contribution in [3.8, 4) is 28.6 Å². The zero-order valence-electron chi connectivity index (χ0n) is 12.8. The summed E-state index contributed by atoms with van der Waals surface area (Å²) in [4.78, 5) is 4.40. The Kier molecular flexibility index (Phi) is 3.58. The maximum Gasteiger partial charge on any atom is 0.148 e. The van der Waals surface area contributed by atoms with Crippen molar-refractivity contribution in [3.63, 3.8) is 0 Å². The van der Waals surface area contributed by atoms with Crippen LogP contribution >= 0.6 is 0 Å². The summed E-state index contributed by atoms with van der Waals surface area (Å²) in [5, 5.41) is 14.1. The second-order valence-corrected chi connectivity index (χ2v) is 5.28. The number of hydrogen-bond donors (Lipinski definition) is 1. The van der Waals surface area contributed by atoms with Crippen molar-refractivity contribution in [1.82, 2.24) is 19.3 Å². The summed E-state index contributed by atoms with van der Waals surface area (Å²) in [6, 6.07) is 5.24. The first-order chi connectivity index (χ1) is 10.6. The van der Waals surface area contributed by atoms with Gasteiger partial charge in [-0.15, -0.1) is 0 Å². The molecular formula is C16H18N4O2. The minimum atomic E-state index is 0.170. The lowest BCUT2D eigenvalue weighted by Crippen LogP contribution is -2.00. The van der Waals surface area contributed by atoms with Crippen LogP contribution in [-0.2, 0) is 0 Å². The number of nitrogens with zero attached hydrogens (tertiary/aromatic N) is 4. The summed E-state index contributed by atoms with van der Waals surface area (Å²) in [6.07, 6.45) is 7.33. The van der Waals surface area contributed by atoms with Crippen molar-refractivity contribution < 1.29 is 9.84 Å². The topological polar surface area (TPSA) is 65.1 Å². The van der Waals surface area contributed by atoms with Crippen molar-refractivity contribution >= 4 is 0 Å². The van der Waals surface area contributed by atoms with Crippen LogP contribution in [0.3, 0.4) is 0 Å². The molecule has 1 N–H and O–H groups in total. The average molecular weight is 298 g/mol. The summed E-state index contributed by atoms with van der Waals surface area (Å²) in [5.74, 6) is 1.51. The van der Waals surface area contributed by atoms with Gasteiger partial charge >= 0.3 is 0 Å². The summed E-state index contributed by atoms with van der Waals surface area (Å²) in [7, 11) is 1.60. The van der Waals surface area contributed by atoms with E-state index >= 15 is 0 Å². The predicted molar refractivity (Wildman–Crippen MR) is 83.4 cm³/mol. The quantitative estimate of drug-likeness (QED) is 0.804. The van der Waals surface area contributed by atoms with E-state index in [1.807, 2.05) is 21.6 Å². The van der Waals surface area contributed by atoms with Gasteiger partial charge in [-0.2, -0.15) is 5.10 Å². The summed E-state index contributed by atoms with van der Waals surface area (Å²) in [6.45, 7) is 4.15. The van der Waals surface area contributed by atoms with Gasteiger partial charge in [-0.1, -0.05) is 0 Å². The third kappa shape index (κ3) is 2.43. The smallest absolute Gasteiger partial charge is 0.148 e. The van der Waals surface area contributed by atoms with Gasteiger partial charge in [0.25, 0.3) is 0 Å². The molecule has 0 spiro atoms. The largest absolute Gasteiger partial charge is 0.508 e. The molecule has 6 heteroatoms. The van der Waals surface area contributed by atoms with Gasteiger partial charge in [0.15, 0.2) is 0 Å². The Morgan fingerprint density at radius 1 is 1.27 bits per heavy atom. The molecule has 0 saturated carbocycles. The molecule has 2 heterocycles. The van der Waals surface area contributed by atoms with Gasteiger partial charge in [0.05, 0.1) is 24.6 Å². The normalized spacial score (nSPS) is 11.1.